The summed E-state index contributed by atoms with van der Waals surface area (Å²) in [6.45, 7) is 4.94. The van der Waals surface area contributed by atoms with Crippen molar-refractivity contribution in [2.24, 2.45) is 0 Å². The first-order valence-electron chi connectivity index (χ1n) is 7.17. The van der Waals surface area contributed by atoms with Gasteiger partial charge in [0.05, 0.1) is 18.8 Å². The first kappa shape index (κ1) is 11.9. The summed E-state index contributed by atoms with van der Waals surface area (Å²) in [7, 11) is 0. The Bertz CT molecular complexity index is 506. The van der Waals surface area contributed by atoms with Crippen molar-refractivity contribution >= 4 is 0 Å². The molecule has 3 unspecified atom stereocenters. The number of benzene rings is 1. The van der Waals surface area contributed by atoms with E-state index >= 15 is 0 Å². The van der Waals surface area contributed by atoms with E-state index in [1.165, 1.54) is 11.1 Å². The Hall–Kier alpha value is -0.900. The van der Waals surface area contributed by atoms with Gasteiger partial charge < -0.3 is 14.2 Å². The fourth-order valence-electron chi connectivity index (χ4n) is 3.67. The lowest BCUT2D eigenvalue weighted by Crippen LogP contribution is -2.34. The third kappa shape index (κ3) is 1.83. The van der Waals surface area contributed by atoms with E-state index in [-0.39, 0.29) is 11.7 Å². The van der Waals surface area contributed by atoms with Gasteiger partial charge in [-0.05, 0) is 37.8 Å². The summed E-state index contributed by atoms with van der Waals surface area (Å²) < 4.78 is 17.9. The van der Waals surface area contributed by atoms with E-state index in [1.54, 1.807) is 0 Å². The van der Waals surface area contributed by atoms with Gasteiger partial charge in [-0.15, -0.1) is 0 Å². The van der Waals surface area contributed by atoms with Gasteiger partial charge >= 0.3 is 0 Å². The van der Waals surface area contributed by atoms with Gasteiger partial charge in [0.15, 0.2) is 5.79 Å². The highest BCUT2D eigenvalue weighted by Crippen LogP contribution is 2.53. The van der Waals surface area contributed by atoms with Crippen LogP contribution in [0.15, 0.2) is 24.3 Å². The molecule has 0 saturated carbocycles. The predicted molar refractivity (Wildman–Crippen MR) is 70.8 cm³/mol. The maximum Gasteiger partial charge on any atom is 0.164 e. The van der Waals surface area contributed by atoms with Crippen LogP contribution < -0.4 is 0 Å². The highest BCUT2D eigenvalue weighted by atomic mass is 16.8. The summed E-state index contributed by atoms with van der Waals surface area (Å²) in [5.41, 5.74) is 2.44. The minimum Gasteiger partial charge on any atom is -0.373 e. The van der Waals surface area contributed by atoms with Crippen molar-refractivity contribution in [3.63, 3.8) is 0 Å². The van der Waals surface area contributed by atoms with Crippen molar-refractivity contribution in [3.05, 3.63) is 35.4 Å². The van der Waals surface area contributed by atoms with Gasteiger partial charge in [-0.25, -0.2) is 0 Å². The lowest BCUT2D eigenvalue weighted by molar-refractivity contribution is -0.168. The molecule has 2 aliphatic heterocycles. The number of fused-ring (bicyclic) bond motifs is 3. The zero-order valence-corrected chi connectivity index (χ0v) is 11.5. The highest BCUT2D eigenvalue weighted by Gasteiger charge is 2.58. The zero-order chi connectivity index (χ0) is 13.1. The van der Waals surface area contributed by atoms with Crippen LogP contribution in [0.5, 0.6) is 0 Å². The van der Waals surface area contributed by atoms with E-state index in [0.29, 0.717) is 6.10 Å². The third-order valence-electron chi connectivity index (χ3n) is 4.49. The van der Waals surface area contributed by atoms with Crippen LogP contribution in [0.1, 0.15) is 37.8 Å². The molecule has 4 rings (SSSR count). The molecular formula is C16H20O3. The normalized spacial score (nSPS) is 38.0. The molecule has 3 atom stereocenters. The maximum absolute atomic E-state index is 6.39. The van der Waals surface area contributed by atoms with E-state index in [1.807, 2.05) is 13.8 Å². The number of ether oxygens (including phenoxy) is 3. The molecule has 3 aliphatic rings. The Kier molecular flexibility index (Phi) is 2.39. The summed E-state index contributed by atoms with van der Waals surface area (Å²) in [6, 6.07) is 8.60. The summed E-state index contributed by atoms with van der Waals surface area (Å²) in [6.07, 6.45) is 3.60. The van der Waals surface area contributed by atoms with Crippen LogP contribution in [0.3, 0.4) is 0 Å². The second-order valence-corrected chi connectivity index (χ2v) is 6.35. The van der Waals surface area contributed by atoms with Gasteiger partial charge in [-0.2, -0.15) is 0 Å². The second-order valence-electron chi connectivity index (χ2n) is 6.35. The lowest BCUT2D eigenvalue weighted by atomic mass is 9.88. The molecule has 2 saturated heterocycles. The predicted octanol–water partition coefficient (Wildman–Crippen LogP) is 2.77. The van der Waals surface area contributed by atoms with E-state index in [9.17, 15) is 0 Å². The maximum atomic E-state index is 6.39. The highest BCUT2D eigenvalue weighted by molar-refractivity contribution is 5.41. The molecule has 1 aromatic carbocycles. The minimum atomic E-state index is -0.484. The van der Waals surface area contributed by atoms with Crippen LogP contribution in [-0.2, 0) is 26.2 Å². The Morgan fingerprint density at radius 1 is 1.26 bits per heavy atom. The second kappa shape index (κ2) is 3.81. The molecule has 1 aromatic rings. The number of rotatable bonds is 3. The molecule has 0 N–H and O–H groups in total. The number of hydrogen-bond donors (Lipinski definition) is 0. The molecule has 3 nitrogen and oxygen atoms in total. The Morgan fingerprint density at radius 3 is 2.84 bits per heavy atom. The minimum absolute atomic E-state index is 0.152. The van der Waals surface area contributed by atoms with Crippen LogP contribution in [-0.4, -0.2) is 24.6 Å². The summed E-state index contributed by atoms with van der Waals surface area (Å²) in [5.74, 6) is -0.484. The molecule has 2 fully saturated rings. The van der Waals surface area contributed by atoms with Crippen molar-refractivity contribution < 1.29 is 14.2 Å². The van der Waals surface area contributed by atoms with Gasteiger partial charge in [0.25, 0.3) is 0 Å². The van der Waals surface area contributed by atoms with Crippen LogP contribution in [0.2, 0.25) is 0 Å². The summed E-state index contributed by atoms with van der Waals surface area (Å²) >= 11 is 0. The Balaban J connectivity index is 1.71. The fourth-order valence-corrected chi connectivity index (χ4v) is 3.67. The van der Waals surface area contributed by atoms with Gasteiger partial charge in [0.2, 0.25) is 0 Å². The van der Waals surface area contributed by atoms with Crippen molar-refractivity contribution in [1.29, 1.82) is 0 Å². The average Bonchev–Trinajstić information content (AvgIpc) is 3.08. The molecule has 0 spiro atoms. The van der Waals surface area contributed by atoms with Crippen LogP contribution in [0.4, 0.5) is 0 Å². The standard InChI is InChI=1S/C16H20O3/c1-15(2)18-14-9-11-5-3-4-6-13(11)16(14,19-15)8-7-12-10-17-12/h3-6,12,14H,7-10H2,1-2H3. The van der Waals surface area contributed by atoms with Gasteiger partial charge in [0, 0.05) is 6.42 Å². The first-order chi connectivity index (χ1) is 9.09. The molecule has 0 bridgehead atoms. The molecule has 1 aliphatic carbocycles. The van der Waals surface area contributed by atoms with Gasteiger partial charge in [0.1, 0.15) is 5.60 Å². The fraction of sp³-hybridized carbons (Fsp3) is 0.625. The molecule has 0 radical (unpaired) electrons. The molecule has 3 heteroatoms. The molecule has 102 valence electrons. The Labute approximate surface area is 113 Å². The van der Waals surface area contributed by atoms with Crippen molar-refractivity contribution in [2.45, 2.75) is 56.7 Å². The topological polar surface area (TPSA) is 31.0 Å². The average molecular weight is 260 g/mol. The quantitative estimate of drug-likeness (QED) is 0.783. The smallest absolute Gasteiger partial charge is 0.164 e. The van der Waals surface area contributed by atoms with E-state index in [2.05, 4.69) is 24.3 Å². The van der Waals surface area contributed by atoms with Crippen molar-refractivity contribution in [2.75, 3.05) is 6.61 Å². The summed E-state index contributed by atoms with van der Waals surface area (Å²) in [5, 5.41) is 0. The van der Waals surface area contributed by atoms with E-state index in [4.69, 9.17) is 14.2 Å². The van der Waals surface area contributed by atoms with Crippen LogP contribution in [0.25, 0.3) is 0 Å². The molecule has 2 heterocycles. The zero-order valence-electron chi connectivity index (χ0n) is 11.5. The summed E-state index contributed by atoms with van der Waals surface area (Å²) in [4.78, 5) is 0. The number of hydrogen-bond acceptors (Lipinski definition) is 3. The van der Waals surface area contributed by atoms with Crippen LogP contribution >= 0.6 is 0 Å². The monoisotopic (exact) mass is 260 g/mol. The Morgan fingerprint density at radius 2 is 2.05 bits per heavy atom. The number of epoxide rings is 1. The van der Waals surface area contributed by atoms with Crippen LogP contribution in [0, 0.1) is 0 Å². The van der Waals surface area contributed by atoms with Crippen molar-refractivity contribution in [3.8, 4) is 0 Å². The molecule has 19 heavy (non-hydrogen) atoms. The third-order valence-corrected chi connectivity index (χ3v) is 4.49. The van der Waals surface area contributed by atoms with Gasteiger partial charge in [-0.3, -0.25) is 0 Å². The molecule has 0 aromatic heterocycles. The van der Waals surface area contributed by atoms with E-state index in [0.717, 1.165) is 25.9 Å². The SMILES string of the molecule is CC1(C)OC2Cc3ccccc3C2(CCC2CO2)O1. The molecule has 0 amide bonds. The van der Waals surface area contributed by atoms with Gasteiger partial charge in [-0.1, -0.05) is 24.3 Å². The molecular weight excluding hydrogens is 240 g/mol. The van der Waals surface area contributed by atoms with E-state index < -0.39 is 5.79 Å². The van der Waals surface area contributed by atoms with Crippen molar-refractivity contribution in [1.82, 2.24) is 0 Å². The lowest BCUT2D eigenvalue weighted by Gasteiger charge is -2.29. The first-order valence-corrected chi connectivity index (χ1v) is 7.17. The largest absolute Gasteiger partial charge is 0.373 e.